The molecule has 0 fully saturated rings. The first-order chi connectivity index (χ1) is 10.2. The van der Waals surface area contributed by atoms with Gasteiger partial charge in [-0.15, -0.1) is 6.42 Å². The number of aromatic nitrogens is 1. The van der Waals surface area contributed by atoms with Gasteiger partial charge < -0.3 is 15.4 Å². The molecule has 0 bridgehead atoms. The lowest BCUT2D eigenvalue weighted by Crippen LogP contribution is -2.40. The highest BCUT2D eigenvalue weighted by atomic mass is 19.1. The van der Waals surface area contributed by atoms with E-state index in [1.54, 1.807) is 6.92 Å². The number of nitrogens with one attached hydrogen (secondary N) is 2. The van der Waals surface area contributed by atoms with Crippen molar-refractivity contribution in [3.63, 3.8) is 0 Å². The Balaban J connectivity index is 2.72. The number of hydrogen-bond acceptors (Lipinski definition) is 4. The van der Waals surface area contributed by atoms with E-state index in [0.717, 1.165) is 0 Å². The molecular weight excluding hydrogens is 281 g/mol. The van der Waals surface area contributed by atoms with Crippen LogP contribution in [0, 0.1) is 25.1 Å². The quantitative estimate of drug-likeness (QED) is 0.600. The Labute approximate surface area is 132 Å². The molecule has 1 aromatic rings. The summed E-state index contributed by atoms with van der Waals surface area (Å²) in [4.78, 5) is 4.18. The highest BCUT2D eigenvalue weighted by Gasteiger charge is 2.16. The number of anilines is 1. The molecule has 120 valence electrons. The van der Waals surface area contributed by atoms with Crippen LogP contribution in [0.15, 0.2) is 18.5 Å². The first-order valence-electron chi connectivity index (χ1n) is 7.27. The minimum atomic E-state index is -0.463. The number of terminal acetylenes is 1. The lowest BCUT2D eigenvalue weighted by atomic mass is 10.1. The normalized spacial score (nSPS) is 13.2. The zero-order valence-corrected chi connectivity index (χ0v) is 13.8. The van der Waals surface area contributed by atoms with Gasteiger partial charge in [0, 0.05) is 17.6 Å². The maximum Gasteiger partial charge on any atom is 0.179 e. The SMILES string of the molecule is C#Cc1cc(F)c(NC(C)C(C)NC(=C)OC(C)C)nc1C. The fraction of sp³-hybridized carbons (Fsp3) is 0.471. The van der Waals surface area contributed by atoms with Crippen LogP contribution in [-0.2, 0) is 4.74 Å². The van der Waals surface area contributed by atoms with Crippen LogP contribution in [0.4, 0.5) is 10.2 Å². The molecule has 0 aromatic carbocycles. The molecule has 0 saturated heterocycles. The Morgan fingerprint density at radius 3 is 2.55 bits per heavy atom. The average Bonchev–Trinajstić information content (AvgIpc) is 2.41. The minimum Gasteiger partial charge on any atom is -0.477 e. The maximum absolute atomic E-state index is 14.0. The number of halogens is 1. The van der Waals surface area contributed by atoms with Crippen molar-refractivity contribution in [1.82, 2.24) is 10.3 Å². The fourth-order valence-corrected chi connectivity index (χ4v) is 1.87. The molecule has 0 saturated carbocycles. The molecule has 1 heterocycles. The Morgan fingerprint density at radius 2 is 2.00 bits per heavy atom. The van der Waals surface area contributed by atoms with Crippen molar-refractivity contribution < 1.29 is 9.13 Å². The third kappa shape index (κ3) is 4.96. The lowest BCUT2D eigenvalue weighted by molar-refractivity contribution is 0.126. The van der Waals surface area contributed by atoms with E-state index in [4.69, 9.17) is 11.2 Å². The van der Waals surface area contributed by atoms with E-state index in [2.05, 4.69) is 28.1 Å². The summed E-state index contributed by atoms with van der Waals surface area (Å²) in [6.45, 7) is 13.3. The van der Waals surface area contributed by atoms with Gasteiger partial charge in [-0.05, 0) is 47.3 Å². The number of ether oxygens (including phenoxy) is 1. The molecule has 0 aliphatic carbocycles. The summed E-state index contributed by atoms with van der Waals surface area (Å²) in [5, 5.41) is 6.17. The van der Waals surface area contributed by atoms with Crippen LogP contribution in [0.3, 0.4) is 0 Å². The fourth-order valence-electron chi connectivity index (χ4n) is 1.87. The van der Waals surface area contributed by atoms with Gasteiger partial charge in [0.05, 0.1) is 11.8 Å². The summed E-state index contributed by atoms with van der Waals surface area (Å²) in [7, 11) is 0. The molecule has 1 rings (SSSR count). The van der Waals surface area contributed by atoms with Crippen molar-refractivity contribution in [3.8, 4) is 12.3 Å². The summed E-state index contributed by atoms with van der Waals surface area (Å²) in [5.74, 6) is 2.63. The van der Waals surface area contributed by atoms with Gasteiger partial charge in [0.25, 0.3) is 0 Å². The summed E-state index contributed by atoms with van der Waals surface area (Å²) in [5.41, 5.74) is 1.08. The van der Waals surface area contributed by atoms with Gasteiger partial charge in [-0.25, -0.2) is 9.37 Å². The predicted octanol–water partition coefficient (Wildman–Crippen LogP) is 3.19. The average molecular weight is 305 g/mol. The molecule has 0 aliphatic rings. The van der Waals surface area contributed by atoms with Gasteiger partial charge in [0.1, 0.15) is 0 Å². The van der Waals surface area contributed by atoms with Gasteiger partial charge >= 0.3 is 0 Å². The van der Waals surface area contributed by atoms with Crippen LogP contribution in [0.2, 0.25) is 0 Å². The third-order valence-electron chi connectivity index (χ3n) is 3.20. The second kappa shape index (κ2) is 7.69. The first kappa shape index (κ1) is 17.8. The standard InChI is InChI=1S/C17H24FN3O/c1-8-15-9-16(18)17(21-13(15)6)20-12(5)11(4)19-14(7)22-10(2)3/h1,9-12,19H,7H2,2-6H3,(H,20,21). The zero-order chi connectivity index (χ0) is 16.9. The van der Waals surface area contributed by atoms with Crippen LogP contribution in [0.1, 0.15) is 39.0 Å². The summed E-state index contributed by atoms with van der Waals surface area (Å²) in [6, 6.07) is 1.20. The molecule has 0 spiro atoms. The highest BCUT2D eigenvalue weighted by Crippen LogP contribution is 2.17. The molecule has 22 heavy (non-hydrogen) atoms. The lowest BCUT2D eigenvalue weighted by Gasteiger charge is -2.25. The van der Waals surface area contributed by atoms with Gasteiger partial charge in [-0.3, -0.25) is 0 Å². The first-order valence-corrected chi connectivity index (χ1v) is 7.27. The van der Waals surface area contributed by atoms with Crippen LogP contribution in [-0.4, -0.2) is 23.2 Å². The summed E-state index contributed by atoms with van der Waals surface area (Å²) >= 11 is 0. The highest BCUT2D eigenvalue weighted by molar-refractivity contribution is 5.46. The number of aryl methyl sites for hydroxylation is 1. The van der Waals surface area contributed by atoms with Crippen molar-refractivity contribution in [2.75, 3.05) is 5.32 Å². The molecule has 0 aliphatic heterocycles. The third-order valence-corrected chi connectivity index (χ3v) is 3.20. The Morgan fingerprint density at radius 1 is 1.36 bits per heavy atom. The second-order valence-electron chi connectivity index (χ2n) is 5.55. The molecule has 4 nitrogen and oxygen atoms in total. The topological polar surface area (TPSA) is 46.2 Å². The molecule has 2 atom stereocenters. The van der Waals surface area contributed by atoms with E-state index in [9.17, 15) is 4.39 Å². The van der Waals surface area contributed by atoms with Crippen molar-refractivity contribution in [1.29, 1.82) is 0 Å². The second-order valence-corrected chi connectivity index (χ2v) is 5.55. The smallest absolute Gasteiger partial charge is 0.179 e. The van der Waals surface area contributed by atoms with Gasteiger partial charge in [-0.2, -0.15) is 0 Å². The van der Waals surface area contributed by atoms with Gasteiger partial charge in [0.2, 0.25) is 0 Å². The molecule has 2 N–H and O–H groups in total. The van der Waals surface area contributed by atoms with E-state index >= 15 is 0 Å². The van der Waals surface area contributed by atoms with Crippen LogP contribution >= 0.6 is 0 Å². The molecule has 2 unspecified atom stereocenters. The van der Waals surface area contributed by atoms with E-state index in [-0.39, 0.29) is 24.0 Å². The minimum absolute atomic E-state index is 0.0277. The predicted molar refractivity (Wildman–Crippen MR) is 87.9 cm³/mol. The van der Waals surface area contributed by atoms with Crippen LogP contribution in [0.25, 0.3) is 0 Å². The van der Waals surface area contributed by atoms with Crippen molar-refractivity contribution in [2.24, 2.45) is 0 Å². The summed E-state index contributed by atoms with van der Waals surface area (Å²) in [6.07, 6.45) is 5.35. The number of pyridine rings is 1. The van der Waals surface area contributed by atoms with Gasteiger partial charge in [0.15, 0.2) is 17.5 Å². The van der Waals surface area contributed by atoms with E-state index in [0.29, 0.717) is 17.1 Å². The monoisotopic (exact) mass is 305 g/mol. The van der Waals surface area contributed by atoms with Crippen molar-refractivity contribution >= 4 is 5.82 Å². The number of hydrogen-bond donors (Lipinski definition) is 2. The Bertz CT molecular complexity index is 578. The Hall–Kier alpha value is -2.22. The van der Waals surface area contributed by atoms with Crippen molar-refractivity contribution in [2.45, 2.75) is 52.8 Å². The Kier molecular flexibility index (Phi) is 6.24. The maximum atomic E-state index is 14.0. The molecule has 5 heteroatoms. The molecular formula is C17H24FN3O. The zero-order valence-electron chi connectivity index (χ0n) is 13.8. The van der Waals surface area contributed by atoms with Gasteiger partial charge in [-0.1, -0.05) is 5.92 Å². The molecule has 1 aromatic heterocycles. The molecule has 0 amide bonds. The van der Waals surface area contributed by atoms with E-state index in [1.165, 1.54) is 6.07 Å². The van der Waals surface area contributed by atoms with Crippen LogP contribution < -0.4 is 10.6 Å². The van der Waals surface area contributed by atoms with E-state index in [1.807, 2.05) is 27.7 Å². The molecule has 0 radical (unpaired) electrons. The van der Waals surface area contributed by atoms with Crippen molar-refractivity contribution in [3.05, 3.63) is 35.6 Å². The number of rotatable bonds is 7. The van der Waals surface area contributed by atoms with E-state index < -0.39 is 5.82 Å². The van der Waals surface area contributed by atoms with Crippen LogP contribution in [0.5, 0.6) is 0 Å². The summed E-state index contributed by atoms with van der Waals surface area (Å²) < 4.78 is 19.4. The number of nitrogens with zero attached hydrogens (tertiary/aromatic N) is 1. The largest absolute Gasteiger partial charge is 0.477 e.